The van der Waals surface area contributed by atoms with Crippen LogP contribution in [0.2, 0.25) is 0 Å². The molecule has 0 spiro atoms. The third-order valence-electron chi connectivity index (χ3n) is 5.11. The first-order valence-corrected chi connectivity index (χ1v) is 6.51. The number of nitrogen functional groups attached to an aromatic ring is 1. The highest BCUT2D eigenvalue weighted by molar-refractivity contribution is 5.28. The Labute approximate surface area is 95.4 Å². The molecule has 4 aliphatic rings. The summed E-state index contributed by atoms with van der Waals surface area (Å²) in [6, 6.07) is 1.95. The number of nitrogens with two attached hydrogens (primary N) is 1. The van der Waals surface area contributed by atoms with E-state index in [0.717, 1.165) is 29.4 Å². The van der Waals surface area contributed by atoms with Crippen molar-refractivity contribution < 1.29 is 4.52 Å². The van der Waals surface area contributed by atoms with Crippen molar-refractivity contribution in [2.45, 2.75) is 38.0 Å². The summed E-state index contributed by atoms with van der Waals surface area (Å²) < 4.78 is 5.05. The molecule has 0 aromatic carbocycles. The molecule has 0 saturated heterocycles. The average Bonchev–Trinajstić information content (AvgIpc) is 2.63. The van der Waals surface area contributed by atoms with E-state index in [1.54, 1.807) is 0 Å². The van der Waals surface area contributed by atoms with E-state index in [-0.39, 0.29) is 0 Å². The van der Waals surface area contributed by atoms with Gasteiger partial charge in [-0.1, -0.05) is 5.16 Å². The van der Waals surface area contributed by atoms with Crippen molar-refractivity contribution in [1.29, 1.82) is 0 Å². The van der Waals surface area contributed by atoms with E-state index in [0.29, 0.717) is 11.8 Å². The first-order valence-electron chi connectivity index (χ1n) is 6.51. The molecular weight excluding hydrogens is 200 g/mol. The molecule has 1 aromatic rings. The minimum atomic E-state index is 0.476. The molecule has 3 nitrogen and oxygen atoms in total. The standard InChI is InChI=1S/C13H18N2O/c14-12-6-11(15-16-12)13-9-2-7-1-8(4-9)5-10(13)3-7/h6-10,13H,1-5,14H2. The topological polar surface area (TPSA) is 52.0 Å². The van der Waals surface area contributed by atoms with Crippen LogP contribution in [0.3, 0.4) is 0 Å². The van der Waals surface area contributed by atoms with E-state index in [9.17, 15) is 0 Å². The average molecular weight is 218 g/mol. The molecule has 1 heterocycles. The van der Waals surface area contributed by atoms with Crippen molar-refractivity contribution in [3.05, 3.63) is 11.8 Å². The molecule has 4 saturated carbocycles. The van der Waals surface area contributed by atoms with Crippen LogP contribution in [0.4, 0.5) is 5.88 Å². The molecule has 0 aliphatic heterocycles. The summed E-state index contributed by atoms with van der Waals surface area (Å²) in [7, 11) is 0. The fourth-order valence-corrected chi connectivity index (χ4v) is 4.87. The molecule has 4 aliphatic carbocycles. The SMILES string of the molecule is Nc1cc(C2C3CC4CC(C3)CC2C4)no1. The molecule has 16 heavy (non-hydrogen) atoms. The zero-order chi connectivity index (χ0) is 10.7. The van der Waals surface area contributed by atoms with E-state index in [4.69, 9.17) is 10.3 Å². The van der Waals surface area contributed by atoms with Gasteiger partial charge in [0.05, 0.1) is 5.69 Å². The molecule has 4 fully saturated rings. The van der Waals surface area contributed by atoms with Gasteiger partial charge in [-0.05, 0) is 55.8 Å². The van der Waals surface area contributed by atoms with Crippen LogP contribution in [-0.4, -0.2) is 5.16 Å². The van der Waals surface area contributed by atoms with Crippen molar-refractivity contribution in [1.82, 2.24) is 5.16 Å². The van der Waals surface area contributed by atoms with Crippen molar-refractivity contribution in [3.8, 4) is 0 Å². The van der Waals surface area contributed by atoms with E-state index < -0.39 is 0 Å². The summed E-state index contributed by atoms with van der Waals surface area (Å²) in [4.78, 5) is 0. The Morgan fingerprint density at radius 2 is 1.69 bits per heavy atom. The first-order chi connectivity index (χ1) is 7.79. The molecule has 5 rings (SSSR count). The molecule has 0 unspecified atom stereocenters. The summed E-state index contributed by atoms with van der Waals surface area (Å²) in [6.07, 6.45) is 7.18. The first kappa shape index (κ1) is 9.08. The fourth-order valence-electron chi connectivity index (χ4n) is 4.87. The lowest BCUT2D eigenvalue weighted by atomic mass is 9.51. The van der Waals surface area contributed by atoms with Crippen molar-refractivity contribution in [2.75, 3.05) is 5.73 Å². The third-order valence-corrected chi connectivity index (χ3v) is 5.11. The Kier molecular flexibility index (Phi) is 1.72. The number of rotatable bonds is 1. The monoisotopic (exact) mass is 218 g/mol. The van der Waals surface area contributed by atoms with Gasteiger partial charge in [0.2, 0.25) is 5.88 Å². The van der Waals surface area contributed by atoms with Crippen molar-refractivity contribution in [3.63, 3.8) is 0 Å². The van der Waals surface area contributed by atoms with Crippen LogP contribution in [0.1, 0.15) is 43.7 Å². The summed E-state index contributed by atoms with van der Waals surface area (Å²) in [5.41, 5.74) is 6.77. The van der Waals surface area contributed by atoms with Crippen molar-refractivity contribution in [2.24, 2.45) is 23.7 Å². The van der Waals surface area contributed by atoms with E-state index in [2.05, 4.69) is 5.16 Å². The molecule has 1 aromatic heterocycles. The maximum atomic E-state index is 5.64. The number of hydrogen-bond acceptors (Lipinski definition) is 3. The van der Waals surface area contributed by atoms with Gasteiger partial charge in [0.1, 0.15) is 0 Å². The molecule has 0 amide bonds. The van der Waals surface area contributed by atoms with Crippen LogP contribution in [0.25, 0.3) is 0 Å². The Morgan fingerprint density at radius 3 is 2.19 bits per heavy atom. The third kappa shape index (κ3) is 1.17. The molecule has 0 atom stereocenters. The second-order valence-corrected chi connectivity index (χ2v) is 6.11. The number of anilines is 1. The van der Waals surface area contributed by atoms with Crippen LogP contribution >= 0.6 is 0 Å². The van der Waals surface area contributed by atoms with Gasteiger partial charge in [0.15, 0.2) is 0 Å². The minimum absolute atomic E-state index is 0.476. The largest absolute Gasteiger partial charge is 0.368 e. The van der Waals surface area contributed by atoms with Crippen LogP contribution in [0.5, 0.6) is 0 Å². The van der Waals surface area contributed by atoms with Gasteiger partial charge in [-0.3, -0.25) is 0 Å². The summed E-state index contributed by atoms with van der Waals surface area (Å²) in [5, 5.41) is 4.16. The Morgan fingerprint density at radius 1 is 1.06 bits per heavy atom. The Hall–Kier alpha value is -0.990. The van der Waals surface area contributed by atoms with Gasteiger partial charge in [0.25, 0.3) is 0 Å². The zero-order valence-electron chi connectivity index (χ0n) is 9.43. The predicted octanol–water partition coefficient (Wildman–Crippen LogP) is 2.80. The van der Waals surface area contributed by atoms with Gasteiger partial charge in [-0.2, -0.15) is 0 Å². The van der Waals surface area contributed by atoms with Crippen molar-refractivity contribution >= 4 is 5.88 Å². The molecule has 3 heteroatoms. The normalized spacial score (nSPS) is 45.1. The Bertz CT molecular complexity index is 384. The minimum Gasteiger partial charge on any atom is -0.368 e. The second-order valence-electron chi connectivity index (χ2n) is 6.11. The summed E-state index contributed by atoms with van der Waals surface area (Å²) in [6.45, 7) is 0. The molecular formula is C13H18N2O. The van der Waals surface area contributed by atoms with E-state index in [1.165, 1.54) is 32.1 Å². The highest BCUT2D eigenvalue weighted by Crippen LogP contribution is 2.59. The zero-order valence-corrected chi connectivity index (χ0v) is 9.43. The maximum absolute atomic E-state index is 5.64. The molecule has 86 valence electrons. The van der Waals surface area contributed by atoms with Crippen LogP contribution < -0.4 is 5.73 Å². The number of aromatic nitrogens is 1. The van der Waals surface area contributed by atoms with Crippen LogP contribution in [-0.2, 0) is 0 Å². The van der Waals surface area contributed by atoms with Gasteiger partial charge in [-0.15, -0.1) is 0 Å². The van der Waals surface area contributed by atoms with E-state index >= 15 is 0 Å². The molecule has 0 radical (unpaired) electrons. The summed E-state index contributed by atoms with van der Waals surface area (Å²) >= 11 is 0. The highest BCUT2D eigenvalue weighted by atomic mass is 16.5. The lowest BCUT2D eigenvalue weighted by Crippen LogP contribution is -2.43. The van der Waals surface area contributed by atoms with Gasteiger partial charge in [-0.25, -0.2) is 0 Å². The highest BCUT2D eigenvalue weighted by Gasteiger charge is 2.49. The fraction of sp³-hybridized carbons (Fsp3) is 0.769. The number of hydrogen-bond donors (Lipinski definition) is 1. The quantitative estimate of drug-likeness (QED) is 0.788. The lowest BCUT2D eigenvalue weighted by molar-refractivity contribution is -0.00503. The Balaban J connectivity index is 1.69. The van der Waals surface area contributed by atoms with Gasteiger partial charge < -0.3 is 10.3 Å². The van der Waals surface area contributed by atoms with E-state index in [1.807, 2.05) is 6.07 Å². The predicted molar refractivity (Wildman–Crippen MR) is 60.7 cm³/mol. The maximum Gasteiger partial charge on any atom is 0.222 e. The molecule has 2 N–H and O–H groups in total. The lowest BCUT2D eigenvalue weighted by Gasteiger charge is -2.53. The second kappa shape index (κ2) is 3.02. The number of nitrogens with zero attached hydrogens (tertiary/aromatic N) is 1. The molecule has 4 bridgehead atoms. The smallest absolute Gasteiger partial charge is 0.222 e. The van der Waals surface area contributed by atoms with Crippen LogP contribution in [0, 0.1) is 23.7 Å². The van der Waals surface area contributed by atoms with Crippen LogP contribution in [0.15, 0.2) is 10.6 Å². The van der Waals surface area contributed by atoms with Gasteiger partial charge >= 0.3 is 0 Å². The van der Waals surface area contributed by atoms with Gasteiger partial charge in [0, 0.05) is 12.0 Å². The summed E-state index contributed by atoms with van der Waals surface area (Å²) in [5.74, 6) is 4.88.